The molecule has 0 aliphatic carbocycles. The molecule has 1 aromatic carbocycles. The number of methoxy groups -OCH3 is 1. The van der Waals surface area contributed by atoms with Crippen molar-refractivity contribution in [2.75, 3.05) is 40.4 Å². The number of urea groups is 1. The second-order valence-corrected chi connectivity index (χ2v) is 18.9. The first-order valence-corrected chi connectivity index (χ1v) is 22.2. The summed E-state index contributed by atoms with van der Waals surface area (Å²) in [7, 11) is 3.21. The lowest BCUT2D eigenvalue weighted by atomic mass is 9.84. The number of carbonyl (C=O) groups is 4. The summed E-state index contributed by atoms with van der Waals surface area (Å²) >= 11 is 1.39. The lowest BCUT2D eigenvalue weighted by Crippen LogP contribution is -2.70. The van der Waals surface area contributed by atoms with Gasteiger partial charge in [0.1, 0.15) is 23.7 Å². The molecule has 7 rings (SSSR count). The lowest BCUT2D eigenvalue weighted by molar-refractivity contribution is -0.155. The maximum absolute atomic E-state index is 14.5. The highest BCUT2D eigenvalue weighted by Crippen LogP contribution is 2.42. The molecule has 17 heteroatoms. The third kappa shape index (κ3) is 8.78. The van der Waals surface area contributed by atoms with Gasteiger partial charge in [0.05, 0.1) is 54.0 Å². The van der Waals surface area contributed by atoms with Crippen molar-refractivity contribution in [3.63, 3.8) is 0 Å². The molecule has 3 aliphatic heterocycles. The molecule has 16 nitrogen and oxygen atoms in total. The molecule has 4 aromatic rings. The van der Waals surface area contributed by atoms with E-state index in [0.29, 0.717) is 37.4 Å². The zero-order valence-corrected chi connectivity index (χ0v) is 37.7. The van der Waals surface area contributed by atoms with Crippen molar-refractivity contribution in [3.8, 4) is 28.6 Å². The van der Waals surface area contributed by atoms with E-state index in [9.17, 15) is 24.4 Å². The number of aromatic nitrogens is 3. The van der Waals surface area contributed by atoms with Gasteiger partial charge in [0, 0.05) is 72.7 Å². The number of hydrogen-bond donors (Lipinski definition) is 3. The second kappa shape index (κ2) is 17.8. The molecule has 0 spiro atoms. The summed E-state index contributed by atoms with van der Waals surface area (Å²) in [6, 6.07) is 9.12. The molecule has 6 heterocycles. The number of amides is 4. The predicted octanol–water partition coefficient (Wildman–Crippen LogP) is 4.82. The van der Waals surface area contributed by atoms with E-state index in [4.69, 9.17) is 25.2 Å². The normalized spacial score (nSPS) is 21.0. The summed E-state index contributed by atoms with van der Waals surface area (Å²) in [6.07, 6.45) is 3.16. The van der Waals surface area contributed by atoms with Crippen LogP contribution in [-0.4, -0.2) is 117 Å². The first kappa shape index (κ1) is 44.6. The number of likely N-dealkylation sites (tertiary alicyclic amines) is 1. The van der Waals surface area contributed by atoms with Gasteiger partial charge >= 0.3 is 12.0 Å². The van der Waals surface area contributed by atoms with Crippen LogP contribution in [0.5, 0.6) is 0 Å². The van der Waals surface area contributed by atoms with Gasteiger partial charge in [-0.1, -0.05) is 33.8 Å². The molecule has 0 unspecified atom stereocenters. The van der Waals surface area contributed by atoms with Gasteiger partial charge in [0.25, 0.3) is 5.91 Å². The molecule has 4 amide bonds. The number of thiazole rings is 1. The highest BCUT2D eigenvalue weighted by molar-refractivity contribution is 7.10. The van der Waals surface area contributed by atoms with E-state index in [-0.39, 0.29) is 38.1 Å². The van der Waals surface area contributed by atoms with Crippen LogP contribution in [0.3, 0.4) is 0 Å². The molecular weight excluding hydrogens is 809 g/mol. The lowest BCUT2D eigenvalue weighted by Gasteiger charge is -2.45. The molecule has 3 aliphatic rings. The van der Waals surface area contributed by atoms with Gasteiger partial charge in [-0.3, -0.25) is 24.4 Å². The standard InChI is InChI=1S/C45H58N10O6S/c1-9-54-35-15-14-28-18-30(35)31(39(54)29-12-10-16-48-37(29)27(4)60-8)20-44(5,6)25-61-42(58)32-13-11-17-55(51-32)41(57)33(19-36-49-34(28)21-62-36)50-40(56)38(26(2)3)52(7)43(59)53-23-45(47,22-46)24-53/h10,12,14-16,18,21,26-27,32-33,38,51H,9,11,13,17,19-20,23-25,47H2,1-8H3,(H,50,56)/t27-,32-,33-,38-/m0/s1. The number of hydrazine groups is 1. The summed E-state index contributed by atoms with van der Waals surface area (Å²) in [5.74, 6) is -1.76. The molecule has 4 N–H and O–H groups in total. The smallest absolute Gasteiger partial charge is 0.324 e. The zero-order chi connectivity index (χ0) is 44.7. The van der Waals surface area contributed by atoms with Gasteiger partial charge in [-0.25, -0.2) is 15.2 Å². The van der Waals surface area contributed by atoms with Gasteiger partial charge in [0.2, 0.25) is 5.91 Å². The molecule has 62 heavy (non-hydrogen) atoms. The second-order valence-electron chi connectivity index (χ2n) is 18.0. The highest BCUT2D eigenvalue weighted by Gasteiger charge is 2.46. The Bertz CT molecular complexity index is 2400. The average Bonchev–Trinajstić information content (AvgIpc) is 3.84. The Kier molecular flexibility index (Phi) is 12.8. The van der Waals surface area contributed by atoms with E-state index < -0.39 is 52.9 Å². The van der Waals surface area contributed by atoms with Crippen LogP contribution in [0.4, 0.5) is 4.79 Å². The van der Waals surface area contributed by atoms with E-state index in [1.165, 1.54) is 33.2 Å². The number of likely N-dealkylation sites (N-methyl/N-ethyl adjacent to an activating group) is 1. The van der Waals surface area contributed by atoms with E-state index in [0.717, 1.165) is 44.7 Å². The van der Waals surface area contributed by atoms with Crippen LogP contribution in [0.2, 0.25) is 0 Å². The maximum atomic E-state index is 14.5. The quantitative estimate of drug-likeness (QED) is 0.205. The summed E-state index contributed by atoms with van der Waals surface area (Å²) in [5, 5.41) is 17.4. The van der Waals surface area contributed by atoms with Crippen molar-refractivity contribution in [2.24, 2.45) is 17.1 Å². The van der Waals surface area contributed by atoms with Crippen molar-refractivity contribution < 1.29 is 28.7 Å². The molecular formula is C45H58N10O6S. The third-order valence-corrected chi connectivity index (χ3v) is 13.1. The van der Waals surface area contributed by atoms with Crippen LogP contribution in [0, 0.1) is 22.7 Å². The number of aryl methyl sites for hydroxylation is 1. The van der Waals surface area contributed by atoms with E-state index in [2.05, 4.69) is 60.3 Å². The molecule has 0 saturated carbocycles. The van der Waals surface area contributed by atoms with Crippen LogP contribution >= 0.6 is 11.3 Å². The summed E-state index contributed by atoms with van der Waals surface area (Å²) in [5.41, 5.74) is 14.1. The van der Waals surface area contributed by atoms with E-state index in [1.807, 2.05) is 38.3 Å². The molecule has 2 fully saturated rings. The van der Waals surface area contributed by atoms with Gasteiger partial charge in [-0.2, -0.15) is 5.26 Å². The van der Waals surface area contributed by atoms with Crippen molar-refractivity contribution in [3.05, 3.63) is 58.2 Å². The zero-order valence-electron chi connectivity index (χ0n) is 36.9. The Morgan fingerprint density at radius 1 is 1.21 bits per heavy atom. The van der Waals surface area contributed by atoms with Gasteiger partial charge < -0.3 is 34.9 Å². The molecule has 6 bridgehead atoms. The Labute approximate surface area is 366 Å². The Morgan fingerprint density at radius 3 is 2.66 bits per heavy atom. The van der Waals surface area contributed by atoms with E-state index in [1.54, 1.807) is 13.3 Å². The summed E-state index contributed by atoms with van der Waals surface area (Å²) < 4.78 is 14.2. The number of esters is 1. The van der Waals surface area contributed by atoms with Crippen molar-refractivity contribution >= 4 is 46.1 Å². The Hall–Kier alpha value is -5.41. The number of nitriles is 1. The van der Waals surface area contributed by atoms with Gasteiger partial charge in [-0.15, -0.1) is 11.3 Å². The number of cyclic esters (lactones) is 1. The Morgan fingerprint density at radius 2 is 1.97 bits per heavy atom. The SMILES string of the molecule is CCn1c(-c2cccnc2[C@H](C)OC)c2c3cc(ccc31)-c1csc(n1)C[C@H](NC(=O)[C@H](C(C)C)N(C)C(=O)N1CC(N)(C#N)C1)C(=O)N1CCC[C@H](N1)C(=O)OCC(C)(C)C2. The third-order valence-electron chi connectivity index (χ3n) is 12.2. The first-order valence-electron chi connectivity index (χ1n) is 21.3. The first-order chi connectivity index (χ1) is 29.5. The fourth-order valence-corrected chi connectivity index (χ4v) is 9.78. The molecule has 0 radical (unpaired) electrons. The van der Waals surface area contributed by atoms with Crippen molar-refractivity contribution in [2.45, 2.75) is 104 Å². The number of carbonyl (C=O) groups excluding carboxylic acids is 4. The van der Waals surface area contributed by atoms with Crippen molar-refractivity contribution in [1.29, 1.82) is 5.26 Å². The number of nitrogens with one attached hydrogen (secondary N) is 2. The number of benzene rings is 1. The van der Waals surface area contributed by atoms with Crippen LogP contribution < -0.4 is 16.5 Å². The van der Waals surface area contributed by atoms with Gasteiger partial charge in [0.15, 0.2) is 0 Å². The topological polar surface area (TPSA) is 201 Å². The largest absolute Gasteiger partial charge is 0.464 e. The number of nitrogens with zero attached hydrogens (tertiary/aromatic N) is 7. The monoisotopic (exact) mass is 866 g/mol. The summed E-state index contributed by atoms with van der Waals surface area (Å²) in [6.45, 7) is 13.2. The fourth-order valence-electron chi connectivity index (χ4n) is 8.93. The minimum absolute atomic E-state index is 0.0489. The highest BCUT2D eigenvalue weighted by atomic mass is 32.1. The molecule has 4 atom stereocenters. The van der Waals surface area contributed by atoms with Crippen LogP contribution in [0.1, 0.15) is 76.8 Å². The number of fused-ring (bicyclic) bond motifs is 6. The molecule has 3 aromatic heterocycles. The number of hydrogen-bond acceptors (Lipinski definition) is 12. The Balaban J connectivity index is 1.28. The van der Waals surface area contributed by atoms with Gasteiger partial charge in [-0.05, 0) is 68.9 Å². The number of pyridine rings is 1. The fraction of sp³-hybridized carbons (Fsp3) is 0.533. The average molecular weight is 867 g/mol. The molecule has 330 valence electrons. The number of rotatable bonds is 8. The summed E-state index contributed by atoms with van der Waals surface area (Å²) in [4.78, 5) is 68.7. The predicted molar refractivity (Wildman–Crippen MR) is 235 cm³/mol. The minimum Gasteiger partial charge on any atom is -0.464 e. The molecule has 2 saturated heterocycles. The number of nitrogens with two attached hydrogens (primary N) is 1. The van der Waals surface area contributed by atoms with Crippen LogP contribution in [0.25, 0.3) is 33.4 Å². The number of ether oxygens (including phenoxy) is 2. The minimum atomic E-state index is -1.13. The van der Waals surface area contributed by atoms with Crippen LogP contribution in [-0.2, 0) is 43.2 Å². The van der Waals surface area contributed by atoms with Crippen LogP contribution in [0.15, 0.2) is 41.9 Å². The van der Waals surface area contributed by atoms with Crippen molar-refractivity contribution in [1.82, 2.24) is 40.1 Å². The van der Waals surface area contributed by atoms with E-state index >= 15 is 0 Å². The maximum Gasteiger partial charge on any atom is 0.324 e.